The van der Waals surface area contributed by atoms with Crippen LogP contribution in [0.15, 0.2) is 121 Å². The second kappa shape index (κ2) is 10.0. The Morgan fingerprint density at radius 1 is 0.854 bits per heavy atom. The number of rotatable bonds is 6. The van der Waals surface area contributed by atoms with Crippen molar-refractivity contribution >= 4 is 28.3 Å². The maximum atomic E-state index is 14.9. The average Bonchev–Trinajstić information content (AvgIpc) is 3.21. The Hall–Kier alpha value is -4.77. The number of anilines is 1. The first-order chi connectivity index (χ1) is 19.8. The van der Waals surface area contributed by atoms with Gasteiger partial charge in [-0.3, -0.25) is 14.9 Å². The summed E-state index contributed by atoms with van der Waals surface area (Å²) in [6.07, 6.45) is 5.23. The number of allylic oxidation sites excluding steroid dienone is 2. The molecule has 5 heteroatoms. The van der Waals surface area contributed by atoms with Crippen LogP contribution >= 0.6 is 0 Å². The van der Waals surface area contributed by atoms with Gasteiger partial charge in [-0.15, -0.1) is 0 Å². The maximum Gasteiger partial charge on any atom is 0.269 e. The monoisotopic (exact) mass is 540 g/mol. The minimum atomic E-state index is -0.755. The number of nitrogens with zero attached hydrogens (tertiary/aromatic N) is 2. The summed E-state index contributed by atoms with van der Waals surface area (Å²) < 4.78 is 0. The van der Waals surface area contributed by atoms with E-state index >= 15 is 0 Å². The van der Waals surface area contributed by atoms with Gasteiger partial charge in [-0.25, -0.2) is 0 Å². The highest BCUT2D eigenvalue weighted by molar-refractivity contribution is 6.10. The molecule has 0 aromatic heterocycles. The summed E-state index contributed by atoms with van der Waals surface area (Å²) in [5.41, 5.74) is 5.54. The second-order valence-electron chi connectivity index (χ2n) is 11.1. The smallest absolute Gasteiger partial charge is 0.269 e. The molecule has 3 atom stereocenters. The number of benzene rings is 4. The third kappa shape index (κ3) is 3.95. The van der Waals surface area contributed by atoms with Gasteiger partial charge in [0.1, 0.15) is 0 Å². The van der Waals surface area contributed by atoms with Crippen LogP contribution in [0.5, 0.6) is 0 Å². The molecule has 204 valence electrons. The average molecular weight is 541 g/mol. The molecule has 1 heterocycles. The van der Waals surface area contributed by atoms with E-state index in [-0.39, 0.29) is 11.5 Å². The molecule has 1 aliphatic heterocycles. The van der Waals surface area contributed by atoms with Gasteiger partial charge >= 0.3 is 0 Å². The fourth-order valence-electron chi connectivity index (χ4n) is 7.04. The topological polar surface area (TPSA) is 63.4 Å². The van der Waals surface area contributed by atoms with Crippen LogP contribution in [0.4, 0.5) is 11.4 Å². The molecule has 5 nitrogen and oxygen atoms in total. The quantitative estimate of drug-likeness (QED) is 0.141. The number of hydrogen-bond acceptors (Lipinski definition) is 4. The number of Topliss-reactive ketones (excluding diaryl/α,β-unsaturated/α-hetero) is 1. The molecule has 4 aromatic carbocycles. The molecule has 0 bridgehead atoms. The van der Waals surface area contributed by atoms with Crippen LogP contribution < -0.4 is 4.90 Å². The SMILES string of the molecule is CC[C@]1(C)c2ccccc2N(C)[C@]12C=C(c1ccccc1)C=C(c1ccc([N+](=O)[O-])cc1)[C@H]2C(=O)c1ccccc1. The number of fused-ring (bicyclic) bond motifs is 1. The molecule has 41 heavy (non-hydrogen) atoms. The molecule has 0 fully saturated rings. The van der Waals surface area contributed by atoms with Crippen LogP contribution in [0, 0.1) is 16.0 Å². The van der Waals surface area contributed by atoms with E-state index in [2.05, 4.69) is 74.3 Å². The van der Waals surface area contributed by atoms with Gasteiger partial charge in [-0.1, -0.05) is 92.7 Å². The highest BCUT2D eigenvalue weighted by atomic mass is 16.6. The number of carbonyl (C=O) groups excluding carboxylic acids is 1. The van der Waals surface area contributed by atoms with Gasteiger partial charge in [0.15, 0.2) is 5.78 Å². The van der Waals surface area contributed by atoms with E-state index in [1.807, 2.05) is 48.5 Å². The molecule has 1 spiro atoms. The van der Waals surface area contributed by atoms with Gasteiger partial charge in [0, 0.05) is 35.8 Å². The normalized spacial score (nSPS) is 23.1. The zero-order valence-electron chi connectivity index (χ0n) is 23.5. The van der Waals surface area contributed by atoms with Crippen LogP contribution in [0.1, 0.15) is 47.3 Å². The molecular formula is C36H32N2O3. The highest BCUT2D eigenvalue weighted by Crippen LogP contribution is 2.61. The van der Waals surface area contributed by atoms with Gasteiger partial charge < -0.3 is 4.90 Å². The summed E-state index contributed by atoms with van der Waals surface area (Å²) in [4.78, 5) is 28.3. The molecule has 1 aliphatic carbocycles. The van der Waals surface area contributed by atoms with Crippen molar-refractivity contribution in [2.45, 2.75) is 31.2 Å². The molecule has 0 amide bonds. The molecule has 6 rings (SSSR count). The van der Waals surface area contributed by atoms with E-state index < -0.39 is 21.8 Å². The summed E-state index contributed by atoms with van der Waals surface area (Å²) in [6, 6.07) is 34.8. The lowest BCUT2D eigenvalue weighted by Crippen LogP contribution is -2.62. The number of non-ortho nitro benzene ring substituents is 1. The number of carbonyl (C=O) groups is 1. The second-order valence-corrected chi connectivity index (χ2v) is 11.1. The molecule has 2 aliphatic rings. The zero-order chi connectivity index (χ0) is 28.8. The predicted molar refractivity (Wildman–Crippen MR) is 165 cm³/mol. The summed E-state index contributed by atoms with van der Waals surface area (Å²) in [5.74, 6) is -0.556. The van der Waals surface area contributed by atoms with E-state index in [4.69, 9.17) is 0 Å². The molecule has 0 radical (unpaired) electrons. The van der Waals surface area contributed by atoms with Crippen molar-refractivity contribution in [3.05, 3.63) is 154 Å². The number of likely N-dealkylation sites (N-methyl/N-ethyl adjacent to an activating group) is 1. The van der Waals surface area contributed by atoms with E-state index in [1.165, 1.54) is 17.7 Å². The van der Waals surface area contributed by atoms with Crippen molar-refractivity contribution in [3.8, 4) is 0 Å². The van der Waals surface area contributed by atoms with Gasteiger partial charge in [-0.2, -0.15) is 0 Å². The molecular weight excluding hydrogens is 508 g/mol. The molecule has 0 saturated carbocycles. The Morgan fingerprint density at radius 3 is 2.10 bits per heavy atom. The van der Waals surface area contributed by atoms with Crippen molar-refractivity contribution in [3.63, 3.8) is 0 Å². The van der Waals surface area contributed by atoms with Gasteiger partial charge in [0.25, 0.3) is 5.69 Å². The van der Waals surface area contributed by atoms with Crippen molar-refractivity contribution in [2.75, 3.05) is 11.9 Å². The fraction of sp³-hybridized carbons (Fsp3) is 0.194. The Labute approximate surface area is 240 Å². The van der Waals surface area contributed by atoms with E-state index in [1.54, 1.807) is 12.1 Å². The van der Waals surface area contributed by atoms with E-state index in [9.17, 15) is 14.9 Å². The molecule has 0 N–H and O–H groups in total. The van der Waals surface area contributed by atoms with Crippen molar-refractivity contribution in [1.82, 2.24) is 0 Å². The minimum Gasteiger partial charge on any atom is -0.363 e. The Bertz CT molecular complexity index is 1690. The Morgan fingerprint density at radius 2 is 1.46 bits per heavy atom. The Kier molecular flexibility index (Phi) is 6.46. The number of ketones is 1. The first kappa shape index (κ1) is 26.5. The lowest BCUT2D eigenvalue weighted by Gasteiger charge is -2.53. The number of hydrogen-bond donors (Lipinski definition) is 0. The largest absolute Gasteiger partial charge is 0.363 e. The first-order valence-electron chi connectivity index (χ1n) is 14.0. The number of nitro groups is 1. The van der Waals surface area contributed by atoms with Crippen LogP contribution in [0.25, 0.3) is 11.1 Å². The minimum absolute atomic E-state index is 0.0217. The fourth-order valence-corrected chi connectivity index (χ4v) is 7.04. The summed E-state index contributed by atoms with van der Waals surface area (Å²) in [6.45, 7) is 4.47. The third-order valence-corrected chi connectivity index (χ3v) is 9.28. The first-order valence-corrected chi connectivity index (χ1v) is 14.0. The van der Waals surface area contributed by atoms with Crippen molar-refractivity contribution in [2.24, 2.45) is 5.92 Å². The lowest BCUT2D eigenvalue weighted by atomic mass is 9.55. The van der Waals surface area contributed by atoms with E-state index in [0.29, 0.717) is 5.56 Å². The van der Waals surface area contributed by atoms with Crippen molar-refractivity contribution < 1.29 is 9.72 Å². The van der Waals surface area contributed by atoms with Crippen LogP contribution in [-0.4, -0.2) is 23.3 Å². The van der Waals surface area contributed by atoms with Crippen LogP contribution in [-0.2, 0) is 5.41 Å². The molecule has 0 saturated heterocycles. The van der Waals surface area contributed by atoms with Gasteiger partial charge in [0.2, 0.25) is 0 Å². The third-order valence-electron chi connectivity index (χ3n) is 9.28. The van der Waals surface area contributed by atoms with Crippen LogP contribution in [0.2, 0.25) is 0 Å². The maximum absolute atomic E-state index is 14.9. The summed E-state index contributed by atoms with van der Waals surface area (Å²) >= 11 is 0. The summed E-state index contributed by atoms with van der Waals surface area (Å²) in [5, 5.41) is 11.5. The van der Waals surface area contributed by atoms with Gasteiger partial charge in [-0.05, 0) is 64.6 Å². The Balaban J connectivity index is 1.69. The molecule has 0 unspecified atom stereocenters. The highest BCUT2D eigenvalue weighted by Gasteiger charge is 2.63. The van der Waals surface area contributed by atoms with Gasteiger partial charge in [0.05, 0.1) is 16.4 Å². The lowest BCUT2D eigenvalue weighted by molar-refractivity contribution is -0.384. The summed E-state index contributed by atoms with van der Waals surface area (Å²) in [7, 11) is 2.10. The zero-order valence-corrected chi connectivity index (χ0v) is 23.5. The van der Waals surface area contributed by atoms with E-state index in [0.717, 1.165) is 34.4 Å². The molecule has 4 aromatic rings. The standard InChI is InChI=1S/C36H32N2O3/c1-4-35(2)31-17-11-12-18-32(31)37(3)36(35)24-28(25-13-7-5-8-14-25)23-30(26-19-21-29(22-20-26)38(40)41)33(36)34(39)27-15-9-6-10-16-27/h5-24,33H,4H2,1-3H3/t33-,35+,36-/m0/s1. The van der Waals surface area contributed by atoms with Crippen molar-refractivity contribution in [1.29, 1.82) is 0 Å². The number of para-hydroxylation sites is 1. The van der Waals surface area contributed by atoms with Crippen LogP contribution in [0.3, 0.4) is 0 Å². The number of nitro benzene ring substituents is 1. The predicted octanol–water partition coefficient (Wildman–Crippen LogP) is 8.13.